The van der Waals surface area contributed by atoms with Crippen molar-refractivity contribution in [3.8, 4) is 11.5 Å². The molecule has 0 spiro atoms. The summed E-state index contributed by atoms with van der Waals surface area (Å²) in [6.07, 6.45) is 4.27. The topological polar surface area (TPSA) is 133 Å². The average molecular weight is 505 g/mol. The summed E-state index contributed by atoms with van der Waals surface area (Å²) in [5.41, 5.74) is 8.47. The largest absolute Gasteiger partial charge is 0.454 e. The van der Waals surface area contributed by atoms with Crippen LogP contribution in [0.5, 0.6) is 11.5 Å². The number of piperidine rings is 1. The van der Waals surface area contributed by atoms with Crippen molar-refractivity contribution >= 4 is 45.3 Å². The maximum Gasteiger partial charge on any atom is 0.353 e. The Kier molecular flexibility index (Phi) is 7.45. The van der Waals surface area contributed by atoms with Gasteiger partial charge in [-0.05, 0) is 73.1 Å². The summed E-state index contributed by atoms with van der Waals surface area (Å²) in [6.45, 7) is 1.27. The summed E-state index contributed by atoms with van der Waals surface area (Å²) in [7, 11) is -3.50. The van der Waals surface area contributed by atoms with E-state index in [1.54, 1.807) is 30.3 Å². The maximum atomic E-state index is 12.7. The molecule has 4 rings (SSSR count). The van der Waals surface area contributed by atoms with Crippen molar-refractivity contribution in [2.24, 2.45) is 5.10 Å². The summed E-state index contributed by atoms with van der Waals surface area (Å²) in [5.74, 6) is 1.27. The van der Waals surface area contributed by atoms with Crippen LogP contribution in [0.3, 0.4) is 0 Å². The number of fused-ring (bicyclic) bond motifs is 1. The SMILES string of the molecule is O=C(N/N=C/c1ccc2c(c1)OCO2)NNC(=S)Nc1ccc(S(=O)(=O)N2CCCCC2)cc1. The first-order valence-electron chi connectivity index (χ1n) is 10.6. The first kappa shape index (κ1) is 23.7. The molecule has 0 bridgehead atoms. The predicted molar refractivity (Wildman–Crippen MR) is 130 cm³/mol. The van der Waals surface area contributed by atoms with Crippen LogP contribution in [-0.4, -0.2) is 50.0 Å². The quantitative estimate of drug-likeness (QED) is 0.277. The van der Waals surface area contributed by atoms with Crippen LogP contribution in [0.4, 0.5) is 10.5 Å². The Bertz CT molecular complexity index is 1180. The minimum Gasteiger partial charge on any atom is -0.454 e. The summed E-state index contributed by atoms with van der Waals surface area (Å²) in [5, 5.41) is 6.83. The molecular weight excluding hydrogens is 480 g/mol. The fourth-order valence-electron chi connectivity index (χ4n) is 3.43. The number of ether oxygens (including phenoxy) is 2. The van der Waals surface area contributed by atoms with Gasteiger partial charge >= 0.3 is 6.03 Å². The molecule has 0 atom stereocenters. The average Bonchev–Trinajstić information content (AvgIpc) is 3.32. The molecule has 4 N–H and O–H groups in total. The Balaban J connectivity index is 1.21. The van der Waals surface area contributed by atoms with E-state index in [-0.39, 0.29) is 16.8 Å². The highest BCUT2D eigenvalue weighted by Gasteiger charge is 2.25. The van der Waals surface area contributed by atoms with E-state index in [0.717, 1.165) is 24.8 Å². The van der Waals surface area contributed by atoms with Gasteiger partial charge in [-0.25, -0.2) is 24.1 Å². The second kappa shape index (κ2) is 10.7. The van der Waals surface area contributed by atoms with Crippen LogP contribution in [0.25, 0.3) is 0 Å². The lowest BCUT2D eigenvalue weighted by atomic mass is 10.2. The smallest absolute Gasteiger partial charge is 0.353 e. The fraction of sp³-hybridized carbons (Fsp3) is 0.286. The third-order valence-electron chi connectivity index (χ3n) is 5.13. The molecule has 2 aliphatic heterocycles. The van der Waals surface area contributed by atoms with Crippen molar-refractivity contribution in [3.63, 3.8) is 0 Å². The Morgan fingerprint density at radius 2 is 1.74 bits per heavy atom. The molecule has 2 aliphatic rings. The van der Waals surface area contributed by atoms with Gasteiger partial charge in [-0.3, -0.25) is 5.43 Å². The molecule has 0 radical (unpaired) electrons. The number of nitrogens with one attached hydrogen (secondary N) is 4. The van der Waals surface area contributed by atoms with Gasteiger partial charge in [0.2, 0.25) is 16.8 Å². The van der Waals surface area contributed by atoms with Crippen LogP contribution in [0.2, 0.25) is 0 Å². The zero-order valence-electron chi connectivity index (χ0n) is 18.1. The Morgan fingerprint density at radius 1 is 1.00 bits per heavy atom. The molecule has 0 saturated carbocycles. The van der Waals surface area contributed by atoms with Crippen molar-refractivity contribution in [2.75, 3.05) is 25.2 Å². The summed E-state index contributed by atoms with van der Waals surface area (Å²) >= 11 is 5.14. The Labute approximate surface area is 202 Å². The van der Waals surface area contributed by atoms with Crippen LogP contribution in [0.15, 0.2) is 52.5 Å². The van der Waals surface area contributed by atoms with Crippen LogP contribution in [0, 0.1) is 0 Å². The number of hydrogen-bond donors (Lipinski definition) is 4. The van der Waals surface area contributed by atoms with Crippen LogP contribution in [0.1, 0.15) is 24.8 Å². The number of carbonyl (C=O) groups is 1. The zero-order valence-corrected chi connectivity index (χ0v) is 19.7. The lowest BCUT2D eigenvalue weighted by Crippen LogP contribution is -2.47. The van der Waals surface area contributed by atoms with Crippen molar-refractivity contribution in [1.82, 2.24) is 20.6 Å². The lowest BCUT2D eigenvalue weighted by Gasteiger charge is -2.25. The number of urea groups is 1. The van der Waals surface area contributed by atoms with Crippen molar-refractivity contribution in [1.29, 1.82) is 0 Å². The van der Waals surface area contributed by atoms with E-state index in [2.05, 4.69) is 26.7 Å². The number of benzene rings is 2. The number of nitrogens with zero attached hydrogens (tertiary/aromatic N) is 2. The molecule has 0 unspecified atom stereocenters. The monoisotopic (exact) mass is 504 g/mol. The molecule has 11 nitrogen and oxygen atoms in total. The molecule has 1 fully saturated rings. The molecule has 1 saturated heterocycles. The van der Waals surface area contributed by atoms with Gasteiger partial charge in [0.25, 0.3) is 0 Å². The molecule has 0 aliphatic carbocycles. The zero-order chi connectivity index (χ0) is 24.0. The minimum absolute atomic E-state index is 0.113. The van der Waals surface area contributed by atoms with Crippen LogP contribution < -0.4 is 31.1 Å². The summed E-state index contributed by atoms with van der Waals surface area (Å²) in [6, 6.07) is 10.9. The Morgan fingerprint density at radius 3 is 2.50 bits per heavy atom. The highest BCUT2D eigenvalue weighted by atomic mass is 32.2. The number of hydrazine groups is 1. The fourth-order valence-corrected chi connectivity index (χ4v) is 5.11. The van der Waals surface area contributed by atoms with Gasteiger partial charge in [0.15, 0.2) is 16.6 Å². The normalized spacial score (nSPS) is 15.6. The lowest BCUT2D eigenvalue weighted by molar-refractivity contribution is 0.174. The molecular formula is C21H24N6O5S2. The van der Waals surface area contributed by atoms with E-state index >= 15 is 0 Å². The van der Waals surface area contributed by atoms with Gasteiger partial charge in [-0.2, -0.15) is 9.41 Å². The first-order valence-corrected chi connectivity index (χ1v) is 12.4. The first-order chi connectivity index (χ1) is 16.4. The van der Waals surface area contributed by atoms with Gasteiger partial charge in [0, 0.05) is 18.8 Å². The van der Waals surface area contributed by atoms with Crippen molar-refractivity contribution < 1.29 is 22.7 Å². The number of anilines is 1. The number of carbonyl (C=O) groups excluding carboxylic acids is 1. The van der Waals surface area contributed by atoms with Gasteiger partial charge in [-0.15, -0.1) is 0 Å². The maximum absolute atomic E-state index is 12.7. The van der Waals surface area contributed by atoms with E-state index in [1.165, 1.54) is 22.7 Å². The third kappa shape index (κ3) is 5.92. The highest BCUT2D eigenvalue weighted by molar-refractivity contribution is 7.89. The molecule has 2 aromatic carbocycles. The van der Waals surface area contributed by atoms with Crippen LogP contribution in [-0.2, 0) is 10.0 Å². The van der Waals surface area contributed by atoms with E-state index in [9.17, 15) is 13.2 Å². The van der Waals surface area contributed by atoms with Gasteiger partial charge < -0.3 is 14.8 Å². The second-order valence-electron chi connectivity index (χ2n) is 7.51. The number of hydrazone groups is 1. The number of amides is 2. The number of thiocarbonyl (C=S) groups is 1. The summed E-state index contributed by atoms with van der Waals surface area (Å²) < 4.78 is 37.5. The molecule has 13 heteroatoms. The minimum atomic E-state index is -3.50. The van der Waals surface area contributed by atoms with E-state index < -0.39 is 16.1 Å². The van der Waals surface area contributed by atoms with Crippen molar-refractivity contribution in [2.45, 2.75) is 24.2 Å². The van der Waals surface area contributed by atoms with Gasteiger partial charge in [0.1, 0.15) is 0 Å². The van der Waals surface area contributed by atoms with Crippen LogP contribution >= 0.6 is 12.2 Å². The number of sulfonamides is 1. The van der Waals surface area contributed by atoms with Gasteiger partial charge in [-0.1, -0.05) is 6.42 Å². The third-order valence-corrected chi connectivity index (χ3v) is 7.25. The summed E-state index contributed by atoms with van der Waals surface area (Å²) in [4.78, 5) is 12.1. The second-order valence-corrected chi connectivity index (χ2v) is 9.85. The highest BCUT2D eigenvalue weighted by Crippen LogP contribution is 2.32. The molecule has 2 amide bonds. The Hall–Kier alpha value is -3.42. The molecule has 0 aromatic heterocycles. The molecule has 34 heavy (non-hydrogen) atoms. The van der Waals surface area contributed by atoms with E-state index in [1.807, 2.05) is 0 Å². The molecule has 2 heterocycles. The van der Waals surface area contributed by atoms with E-state index in [4.69, 9.17) is 21.7 Å². The van der Waals surface area contributed by atoms with Crippen molar-refractivity contribution in [3.05, 3.63) is 48.0 Å². The molecule has 180 valence electrons. The predicted octanol–water partition coefficient (Wildman–Crippen LogP) is 2.12. The van der Waals surface area contributed by atoms with E-state index in [0.29, 0.717) is 30.3 Å². The molecule has 2 aromatic rings. The number of rotatable bonds is 5. The number of hydrogen-bond acceptors (Lipinski definition) is 7. The van der Waals surface area contributed by atoms with Gasteiger partial charge in [0.05, 0.1) is 11.1 Å². The standard InChI is InChI=1S/C21H24N6O5S2/c28-20(24-22-13-15-4-9-18-19(12-15)32-14-31-18)25-26-21(33)23-16-5-7-17(8-6-16)34(29,30)27-10-2-1-3-11-27/h4-9,12-13H,1-3,10-11,14H2,(H2,23,26,33)(H2,24,25,28)/b22-13+.